The van der Waals surface area contributed by atoms with Crippen molar-refractivity contribution in [3.63, 3.8) is 0 Å². The fourth-order valence-corrected chi connectivity index (χ4v) is 4.19. The molecule has 0 unspecified atom stereocenters. The van der Waals surface area contributed by atoms with Crippen molar-refractivity contribution in [1.82, 2.24) is 5.32 Å². The van der Waals surface area contributed by atoms with E-state index in [1.54, 1.807) is 6.07 Å². The van der Waals surface area contributed by atoms with Crippen molar-refractivity contribution in [2.75, 3.05) is 17.9 Å². The summed E-state index contributed by atoms with van der Waals surface area (Å²) in [6.07, 6.45) is -4.67. The molecule has 140 valence electrons. The van der Waals surface area contributed by atoms with E-state index in [4.69, 9.17) is 4.74 Å². The van der Waals surface area contributed by atoms with Crippen molar-refractivity contribution >= 4 is 31.6 Å². The monoisotopic (exact) mass is 450 g/mol. The molecule has 2 aromatic rings. The Labute approximate surface area is 156 Å². The first kappa shape index (κ1) is 19.0. The summed E-state index contributed by atoms with van der Waals surface area (Å²) in [7, 11) is -4.04. The van der Waals surface area contributed by atoms with E-state index >= 15 is 0 Å². The van der Waals surface area contributed by atoms with E-state index in [1.807, 2.05) is 0 Å². The second-order valence-electron chi connectivity index (χ2n) is 5.60. The van der Waals surface area contributed by atoms with Crippen molar-refractivity contribution < 1.29 is 26.3 Å². The van der Waals surface area contributed by atoms with Gasteiger partial charge in [-0.15, -0.1) is 0 Å². The van der Waals surface area contributed by atoms with Crippen LogP contribution in [0.25, 0.3) is 0 Å². The molecule has 1 aliphatic heterocycles. The van der Waals surface area contributed by atoms with E-state index in [-0.39, 0.29) is 35.0 Å². The number of hydrogen-bond donors (Lipinski definition) is 2. The molecule has 0 saturated heterocycles. The highest BCUT2D eigenvalue weighted by Gasteiger charge is 2.37. The number of hydrogen-bond acceptors (Lipinski definition) is 4. The molecule has 0 saturated carbocycles. The van der Waals surface area contributed by atoms with Gasteiger partial charge in [-0.25, -0.2) is 8.42 Å². The zero-order valence-corrected chi connectivity index (χ0v) is 15.6. The molecule has 0 aliphatic carbocycles. The largest absolute Gasteiger partial charge is 0.491 e. The van der Waals surface area contributed by atoms with E-state index in [0.717, 1.165) is 6.07 Å². The predicted molar refractivity (Wildman–Crippen MR) is 93.6 cm³/mol. The summed E-state index contributed by atoms with van der Waals surface area (Å²) in [6, 6.07) is 7.98. The lowest BCUT2D eigenvalue weighted by Gasteiger charge is -2.18. The standard InChI is InChI=1S/C16H14BrF3N2O3S/c17-11-2-1-3-13(7-11)26(23,24)22-12-6-10-9-21-4-5-25-15(10)14(8-12)16(18,19)20/h1-3,6-8,21-22H,4-5,9H2. The maximum absolute atomic E-state index is 13.4. The third kappa shape index (κ3) is 4.13. The number of ether oxygens (including phenoxy) is 1. The minimum atomic E-state index is -4.67. The highest BCUT2D eigenvalue weighted by atomic mass is 79.9. The fraction of sp³-hybridized carbons (Fsp3) is 0.250. The van der Waals surface area contributed by atoms with Gasteiger partial charge in [0.15, 0.2) is 0 Å². The number of alkyl halides is 3. The lowest BCUT2D eigenvalue weighted by atomic mass is 10.1. The number of fused-ring (bicyclic) bond motifs is 1. The number of sulfonamides is 1. The van der Waals surface area contributed by atoms with E-state index in [9.17, 15) is 21.6 Å². The Hall–Kier alpha value is -1.78. The van der Waals surface area contributed by atoms with Gasteiger partial charge >= 0.3 is 6.18 Å². The number of anilines is 1. The number of rotatable bonds is 3. The topological polar surface area (TPSA) is 67.4 Å². The molecule has 0 bridgehead atoms. The molecule has 2 aromatic carbocycles. The first-order valence-electron chi connectivity index (χ1n) is 7.53. The molecule has 0 atom stereocenters. The van der Waals surface area contributed by atoms with Crippen molar-refractivity contribution in [1.29, 1.82) is 0 Å². The lowest BCUT2D eigenvalue weighted by molar-refractivity contribution is -0.138. The van der Waals surface area contributed by atoms with E-state index in [0.29, 0.717) is 11.0 Å². The number of halogens is 4. The SMILES string of the molecule is O=S(=O)(Nc1cc2c(c(C(F)(F)F)c1)OCCNC2)c1cccc(Br)c1. The van der Waals surface area contributed by atoms with Gasteiger partial charge in [0.2, 0.25) is 0 Å². The third-order valence-electron chi connectivity index (χ3n) is 3.67. The minimum Gasteiger partial charge on any atom is -0.491 e. The third-order valence-corrected chi connectivity index (χ3v) is 5.54. The van der Waals surface area contributed by atoms with Gasteiger partial charge in [0.1, 0.15) is 12.4 Å². The van der Waals surface area contributed by atoms with Gasteiger partial charge < -0.3 is 10.1 Å². The van der Waals surface area contributed by atoms with Crippen LogP contribution in [0, 0.1) is 0 Å². The smallest absolute Gasteiger partial charge is 0.420 e. The zero-order valence-electron chi connectivity index (χ0n) is 13.2. The van der Waals surface area contributed by atoms with Crippen LogP contribution in [-0.4, -0.2) is 21.6 Å². The van der Waals surface area contributed by atoms with Crippen molar-refractivity contribution in [2.24, 2.45) is 0 Å². The maximum Gasteiger partial charge on any atom is 0.420 e. The van der Waals surface area contributed by atoms with Crippen LogP contribution in [0.1, 0.15) is 11.1 Å². The van der Waals surface area contributed by atoms with Crippen LogP contribution >= 0.6 is 15.9 Å². The average molecular weight is 451 g/mol. The Morgan fingerprint density at radius 1 is 1.19 bits per heavy atom. The molecule has 10 heteroatoms. The summed E-state index contributed by atoms with van der Waals surface area (Å²) >= 11 is 3.17. The van der Waals surface area contributed by atoms with Crippen LogP contribution in [0.4, 0.5) is 18.9 Å². The lowest BCUT2D eigenvalue weighted by Crippen LogP contribution is -2.16. The fourth-order valence-electron chi connectivity index (χ4n) is 2.56. The quantitative estimate of drug-likeness (QED) is 0.746. The van der Waals surface area contributed by atoms with E-state index in [2.05, 4.69) is 26.0 Å². The Bertz CT molecular complexity index is 933. The van der Waals surface area contributed by atoms with Crippen LogP contribution < -0.4 is 14.8 Å². The molecule has 5 nitrogen and oxygen atoms in total. The van der Waals surface area contributed by atoms with Gasteiger partial charge in [0.25, 0.3) is 10.0 Å². The van der Waals surface area contributed by atoms with Crippen LogP contribution in [0.15, 0.2) is 45.8 Å². The number of nitrogens with one attached hydrogen (secondary N) is 2. The molecule has 0 amide bonds. The summed E-state index contributed by atoms with van der Waals surface area (Å²) in [5.74, 6) is -0.270. The highest BCUT2D eigenvalue weighted by Crippen LogP contribution is 2.41. The molecule has 1 heterocycles. The Morgan fingerprint density at radius 2 is 1.96 bits per heavy atom. The summed E-state index contributed by atoms with van der Waals surface area (Å²) in [5, 5.41) is 2.94. The summed E-state index contributed by atoms with van der Waals surface area (Å²) in [4.78, 5) is -0.0650. The summed E-state index contributed by atoms with van der Waals surface area (Å²) in [5.41, 5.74) is -0.946. The van der Waals surface area contributed by atoms with Crippen LogP contribution in [0.3, 0.4) is 0 Å². The van der Waals surface area contributed by atoms with Gasteiger partial charge in [-0.3, -0.25) is 4.72 Å². The molecule has 1 aliphatic rings. The van der Waals surface area contributed by atoms with E-state index in [1.165, 1.54) is 24.3 Å². The van der Waals surface area contributed by atoms with Crippen molar-refractivity contribution in [3.8, 4) is 5.75 Å². The van der Waals surface area contributed by atoms with Crippen LogP contribution in [0.5, 0.6) is 5.75 Å². The Morgan fingerprint density at radius 3 is 2.65 bits per heavy atom. The Balaban J connectivity index is 2.04. The molecule has 0 aromatic heterocycles. The van der Waals surface area contributed by atoms with Crippen LogP contribution in [0.2, 0.25) is 0 Å². The molecule has 0 spiro atoms. The van der Waals surface area contributed by atoms with Gasteiger partial charge in [-0.1, -0.05) is 22.0 Å². The minimum absolute atomic E-state index is 0.0650. The summed E-state index contributed by atoms with van der Waals surface area (Å²) < 4.78 is 73.2. The molecular weight excluding hydrogens is 437 g/mol. The molecule has 2 N–H and O–H groups in total. The molecular formula is C16H14BrF3N2O3S. The maximum atomic E-state index is 13.4. The molecule has 0 radical (unpaired) electrons. The van der Waals surface area contributed by atoms with Gasteiger partial charge in [-0.2, -0.15) is 13.2 Å². The number of benzene rings is 2. The first-order valence-corrected chi connectivity index (χ1v) is 9.80. The van der Waals surface area contributed by atoms with Crippen LogP contribution in [-0.2, 0) is 22.7 Å². The Kier molecular flexibility index (Phi) is 5.18. The predicted octanol–water partition coefficient (Wildman–Crippen LogP) is 3.75. The second-order valence-corrected chi connectivity index (χ2v) is 8.20. The van der Waals surface area contributed by atoms with E-state index < -0.39 is 21.8 Å². The van der Waals surface area contributed by atoms with Gasteiger partial charge in [0, 0.05) is 23.1 Å². The van der Waals surface area contributed by atoms with Crippen molar-refractivity contribution in [3.05, 3.63) is 52.0 Å². The normalized spacial score (nSPS) is 14.9. The van der Waals surface area contributed by atoms with Gasteiger partial charge in [0.05, 0.1) is 16.1 Å². The molecule has 3 rings (SSSR count). The second kappa shape index (κ2) is 7.09. The zero-order chi connectivity index (χ0) is 18.9. The molecule has 0 fully saturated rings. The highest BCUT2D eigenvalue weighted by molar-refractivity contribution is 9.10. The first-order chi connectivity index (χ1) is 12.2. The average Bonchev–Trinajstić information content (AvgIpc) is 2.78. The van der Waals surface area contributed by atoms with Crippen molar-refractivity contribution in [2.45, 2.75) is 17.6 Å². The van der Waals surface area contributed by atoms with Gasteiger partial charge in [-0.05, 0) is 30.3 Å². The summed E-state index contributed by atoms with van der Waals surface area (Å²) in [6.45, 7) is 0.634. The molecule has 26 heavy (non-hydrogen) atoms.